The number of fused-ring (bicyclic) bond motifs is 1. The Labute approximate surface area is 159 Å². The lowest BCUT2D eigenvalue weighted by atomic mass is 10.2. The van der Waals surface area contributed by atoms with E-state index in [-0.39, 0.29) is 5.52 Å². The second kappa shape index (κ2) is 8.14. The van der Waals surface area contributed by atoms with Crippen molar-refractivity contribution in [1.29, 1.82) is 0 Å². The molecule has 0 aliphatic rings. The molecule has 16 heteroatoms. The molecule has 1 aromatic heterocycles. The van der Waals surface area contributed by atoms with Crippen LogP contribution in [-0.4, -0.2) is 40.8 Å². The predicted octanol–water partition coefficient (Wildman–Crippen LogP) is 5.51. The minimum absolute atomic E-state index is 0.0670. The lowest BCUT2D eigenvalue weighted by Gasteiger charge is -2.27. The molecule has 2 aromatic rings. The van der Waals surface area contributed by atoms with Crippen LogP contribution in [0.25, 0.3) is 10.9 Å². The highest BCUT2D eigenvalue weighted by atomic mass is 32.2. The van der Waals surface area contributed by atoms with Gasteiger partial charge in [0.05, 0.1) is 5.52 Å². The van der Waals surface area contributed by atoms with Crippen LogP contribution < -0.4 is 0 Å². The van der Waals surface area contributed by atoms with Crippen molar-refractivity contribution in [3.8, 4) is 0 Å². The molecule has 0 aliphatic heterocycles. The van der Waals surface area contributed by atoms with E-state index in [0.717, 1.165) is 6.07 Å². The van der Waals surface area contributed by atoms with Crippen LogP contribution in [0, 0.1) is 0 Å². The van der Waals surface area contributed by atoms with Crippen LogP contribution in [-0.2, 0) is 10.1 Å². The van der Waals surface area contributed by atoms with Gasteiger partial charge in [-0.2, -0.15) is 52.3 Å². The van der Waals surface area contributed by atoms with Crippen molar-refractivity contribution in [3.63, 3.8) is 0 Å². The fraction of sp³-hybridized carbons (Fsp3) is 0.308. The topological polar surface area (TPSA) is 67.3 Å². The second-order valence-electron chi connectivity index (χ2n) is 4.94. The second-order valence-corrected chi connectivity index (χ2v) is 7.51. The van der Waals surface area contributed by atoms with Gasteiger partial charge in [0.1, 0.15) is 0 Å². The maximum atomic E-state index is 13.4. The lowest BCUT2D eigenvalue weighted by molar-refractivity contribution is -0.330. The average Bonchev–Trinajstić information content (AvgIpc) is 2.52. The number of hydrogen-bond donors (Lipinski definition) is 1. The maximum absolute atomic E-state index is 13.4. The summed E-state index contributed by atoms with van der Waals surface area (Å²) in [6.45, 7) is 0. The summed E-state index contributed by atoms with van der Waals surface area (Å²) < 4.78 is 146. The third kappa shape index (κ3) is 5.85. The maximum Gasteiger partial charge on any atom is 0.522 e. The molecule has 0 atom stereocenters. The van der Waals surface area contributed by atoms with Crippen LogP contribution >= 0.6 is 11.8 Å². The SMILES string of the molecule is FC(F)(F)C(F)(F)C(F)(F)Sc1cccc2cccnc12.O=S(=O)(O)C(F)(F)F. The number of thioether (sulfide) groups is 1. The Kier molecular flexibility index (Phi) is 7.08. The molecule has 2 rings (SSSR count). The van der Waals surface area contributed by atoms with E-state index in [4.69, 9.17) is 13.0 Å². The molecule has 4 nitrogen and oxygen atoms in total. The number of pyridine rings is 1. The van der Waals surface area contributed by atoms with Crippen LogP contribution in [0.4, 0.5) is 43.9 Å². The zero-order valence-corrected chi connectivity index (χ0v) is 14.9. The van der Waals surface area contributed by atoms with E-state index in [1.165, 1.54) is 30.5 Å². The Balaban J connectivity index is 0.000000447. The molecule has 0 amide bonds. The van der Waals surface area contributed by atoms with Crippen molar-refractivity contribution >= 4 is 32.8 Å². The summed E-state index contributed by atoms with van der Waals surface area (Å²) in [5.41, 5.74) is -5.60. The molecule has 0 bridgehead atoms. The van der Waals surface area contributed by atoms with E-state index in [0.29, 0.717) is 5.39 Å². The smallest absolute Gasteiger partial charge is 0.279 e. The summed E-state index contributed by atoms with van der Waals surface area (Å²) in [5.74, 6) is -6.15. The van der Waals surface area contributed by atoms with Crippen LogP contribution in [0.3, 0.4) is 0 Å². The predicted molar refractivity (Wildman–Crippen MR) is 81.2 cm³/mol. The highest BCUT2D eigenvalue weighted by Crippen LogP contribution is 2.54. The number of hydrogen-bond acceptors (Lipinski definition) is 4. The van der Waals surface area contributed by atoms with Crippen molar-refractivity contribution < 1.29 is 56.9 Å². The number of aromatic nitrogens is 1. The van der Waals surface area contributed by atoms with Gasteiger partial charge in [-0.05, 0) is 23.9 Å². The Morgan fingerprint density at radius 2 is 1.34 bits per heavy atom. The largest absolute Gasteiger partial charge is 0.522 e. The van der Waals surface area contributed by atoms with E-state index < -0.39 is 49.6 Å². The zero-order chi connectivity index (χ0) is 22.9. The van der Waals surface area contributed by atoms with Gasteiger partial charge in [-0.15, -0.1) is 0 Å². The first kappa shape index (κ1) is 25.2. The van der Waals surface area contributed by atoms with Gasteiger partial charge in [0.25, 0.3) is 0 Å². The molecule has 0 aliphatic carbocycles. The Morgan fingerprint density at radius 1 is 0.862 bits per heavy atom. The number of halogens is 10. The molecule has 0 saturated carbocycles. The molecular formula is C13H7F10NO3S2. The van der Waals surface area contributed by atoms with Gasteiger partial charge in [0, 0.05) is 16.5 Å². The Hall–Kier alpha value is -1.81. The van der Waals surface area contributed by atoms with Crippen molar-refractivity contribution in [2.24, 2.45) is 0 Å². The van der Waals surface area contributed by atoms with E-state index in [2.05, 4.69) is 4.98 Å². The van der Waals surface area contributed by atoms with Gasteiger partial charge in [0.2, 0.25) is 0 Å². The Morgan fingerprint density at radius 3 is 1.79 bits per heavy atom. The van der Waals surface area contributed by atoms with Crippen molar-refractivity contribution in [2.75, 3.05) is 0 Å². The van der Waals surface area contributed by atoms with Gasteiger partial charge in [-0.3, -0.25) is 9.54 Å². The normalized spacial score (nSPS) is 13.8. The van der Waals surface area contributed by atoms with Crippen LogP contribution in [0.5, 0.6) is 0 Å². The molecule has 0 unspecified atom stereocenters. The highest BCUT2D eigenvalue weighted by molar-refractivity contribution is 8.00. The fourth-order valence-electron chi connectivity index (χ4n) is 1.53. The van der Waals surface area contributed by atoms with Crippen molar-refractivity contribution in [2.45, 2.75) is 27.8 Å². The minimum atomic E-state index is -6.35. The van der Waals surface area contributed by atoms with Gasteiger partial charge in [-0.25, -0.2) is 0 Å². The zero-order valence-electron chi connectivity index (χ0n) is 13.3. The number of nitrogens with zero attached hydrogens (tertiary/aromatic N) is 1. The lowest BCUT2D eigenvalue weighted by Crippen LogP contribution is -2.49. The molecule has 1 aromatic carbocycles. The van der Waals surface area contributed by atoms with Gasteiger partial charge < -0.3 is 0 Å². The summed E-state index contributed by atoms with van der Waals surface area (Å²) in [4.78, 5) is 3.27. The first-order chi connectivity index (χ1) is 12.8. The quantitative estimate of drug-likeness (QED) is 0.272. The third-order valence-corrected chi connectivity index (χ3v) is 4.49. The van der Waals surface area contributed by atoms with Crippen LogP contribution in [0.1, 0.15) is 0 Å². The number of benzene rings is 1. The van der Waals surface area contributed by atoms with Crippen LogP contribution in [0.15, 0.2) is 41.4 Å². The third-order valence-electron chi connectivity index (χ3n) is 2.85. The molecular weight excluding hydrogens is 472 g/mol. The van der Waals surface area contributed by atoms with Gasteiger partial charge in [-0.1, -0.05) is 18.2 Å². The van der Waals surface area contributed by atoms with E-state index >= 15 is 0 Å². The first-order valence-electron chi connectivity index (χ1n) is 6.70. The molecule has 1 heterocycles. The molecule has 0 spiro atoms. The molecule has 29 heavy (non-hydrogen) atoms. The molecule has 0 saturated heterocycles. The molecule has 1 N–H and O–H groups in total. The number of rotatable bonds is 3. The summed E-state index contributed by atoms with van der Waals surface area (Å²) in [5, 5.41) is -4.99. The van der Waals surface area contributed by atoms with Crippen molar-refractivity contribution in [1.82, 2.24) is 4.98 Å². The van der Waals surface area contributed by atoms with E-state index in [9.17, 15) is 43.9 Å². The van der Waals surface area contributed by atoms with Gasteiger partial charge in [0.15, 0.2) is 0 Å². The first-order valence-corrected chi connectivity index (χ1v) is 8.96. The molecule has 164 valence electrons. The fourth-order valence-corrected chi connectivity index (χ4v) is 2.46. The van der Waals surface area contributed by atoms with Crippen molar-refractivity contribution in [3.05, 3.63) is 36.5 Å². The van der Waals surface area contributed by atoms with E-state index in [1.54, 1.807) is 0 Å². The molecule has 0 radical (unpaired) electrons. The summed E-state index contributed by atoms with van der Waals surface area (Å²) in [6, 6.07) is 6.73. The number of para-hydroxylation sites is 1. The Bertz CT molecular complexity index is 952. The van der Waals surface area contributed by atoms with Gasteiger partial charge >= 0.3 is 33.0 Å². The monoisotopic (exact) mass is 479 g/mol. The standard InChI is InChI=1S/C12H6F7NS.CHF3O3S/c13-10(14,11(15,16)17)12(18,19)21-8-5-1-3-7-4-2-6-20-9(7)8;2-1(3,4)8(5,6)7/h1-6H;(H,5,6,7). The summed E-state index contributed by atoms with van der Waals surface area (Å²) in [7, 11) is -5.84. The average molecular weight is 479 g/mol. The van der Waals surface area contributed by atoms with Crippen LogP contribution in [0.2, 0.25) is 0 Å². The minimum Gasteiger partial charge on any atom is -0.279 e. The summed E-state index contributed by atoms with van der Waals surface area (Å²) in [6.07, 6.45) is -5.12. The highest BCUT2D eigenvalue weighted by Gasteiger charge is 2.73. The summed E-state index contributed by atoms with van der Waals surface area (Å²) >= 11 is -0.857. The molecule has 0 fully saturated rings. The number of alkyl halides is 10. The van der Waals surface area contributed by atoms with E-state index in [1.807, 2.05) is 0 Å².